The number of anilines is 2. The van der Waals surface area contributed by atoms with E-state index in [-0.39, 0.29) is 29.8 Å². The number of likely N-dealkylation sites (N-methyl/N-ethyl adjacent to an activating group) is 1. The number of imide groups is 1. The highest BCUT2D eigenvalue weighted by Crippen LogP contribution is 2.47. The average molecular weight is 587 g/mol. The zero-order valence-electron chi connectivity index (χ0n) is 25.0. The van der Waals surface area contributed by atoms with Crippen molar-refractivity contribution in [3.05, 3.63) is 53.2 Å². The lowest BCUT2D eigenvalue weighted by atomic mass is 9.96. The lowest BCUT2D eigenvalue weighted by Gasteiger charge is -2.49. The van der Waals surface area contributed by atoms with Crippen molar-refractivity contribution in [2.45, 2.75) is 50.9 Å². The molecular weight excluding hydrogens is 548 g/mol. The number of rotatable bonds is 5. The molecule has 0 bridgehead atoms. The van der Waals surface area contributed by atoms with E-state index in [1.165, 1.54) is 18.0 Å². The van der Waals surface area contributed by atoms with Crippen LogP contribution in [0.25, 0.3) is 0 Å². The summed E-state index contributed by atoms with van der Waals surface area (Å²) in [5.74, 6) is 0.565. The number of hydrogen-bond donors (Lipinski definition) is 0. The molecule has 1 aromatic carbocycles. The van der Waals surface area contributed by atoms with Crippen molar-refractivity contribution in [1.82, 2.24) is 19.7 Å². The molecule has 7 rings (SSSR count). The third-order valence-electron chi connectivity index (χ3n) is 9.78. The molecule has 43 heavy (non-hydrogen) atoms. The van der Waals surface area contributed by atoms with Crippen LogP contribution in [0.5, 0.6) is 11.6 Å². The first-order valence-corrected chi connectivity index (χ1v) is 15.2. The number of benzene rings is 1. The summed E-state index contributed by atoms with van der Waals surface area (Å²) in [6.45, 7) is 10.1. The second-order valence-corrected chi connectivity index (χ2v) is 12.3. The number of fused-ring (bicyclic) bond motifs is 6. The van der Waals surface area contributed by atoms with Crippen LogP contribution in [0.3, 0.4) is 0 Å². The van der Waals surface area contributed by atoms with E-state index < -0.39 is 0 Å². The normalized spacial score (nSPS) is 24.8. The minimum atomic E-state index is -0.276. The molecule has 6 heterocycles. The Hall–Kier alpha value is -4.12. The molecule has 11 heteroatoms. The van der Waals surface area contributed by atoms with E-state index >= 15 is 0 Å². The molecule has 1 aromatic heterocycles. The molecule has 5 aliphatic heterocycles. The standard InChI is InChI=1S/C32H38N6O5/c1-5-26(39)37-15-21-18-42-29-28(38(21)14-19(37)2)22-11-13-36(25-10-6-9-23-27(25)32(41)35(4)31(23)40)16-24(22)33-30(29)43-17-20-8-7-12-34(20)3/h5-6,9-10,19-21H,1,7-8,11-18H2,2-4H3/t19-,20+,21-/m1/s1. The third kappa shape index (κ3) is 4.43. The summed E-state index contributed by atoms with van der Waals surface area (Å²) in [5.41, 5.74) is 4.65. The Kier molecular flexibility index (Phi) is 6.80. The van der Waals surface area contributed by atoms with Gasteiger partial charge in [-0.15, -0.1) is 0 Å². The molecule has 0 aliphatic carbocycles. The highest BCUT2D eigenvalue weighted by atomic mass is 16.5. The zero-order valence-corrected chi connectivity index (χ0v) is 25.0. The van der Waals surface area contributed by atoms with E-state index in [4.69, 9.17) is 14.5 Å². The Morgan fingerprint density at radius 3 is 2.79 bits per heavy atom. The van der Waals surface area contributed by atoms with E-state index in [9.17, 15) is 14.4 Å². The number of pyridine rings is 1. The molecular formula is C32H38N6O5. The highest BCUT2D eigenvalue weighted by Gasteiger charge is 2.43. The number of nitrogens with zero attached hydrogens (tertiary/aromatic N) is 6. The zero-order chi connectivity index (χ0) is 30.0. The first-order chi connectivity index (χ1) is 20.8. The summed E-state index contributed by atoms with van der Waals surface area (Å²) in [5, 5.41) is 0. The van der Waals surface area contributed by atoms with E-state index in [1.54, 1.807) is 6.07 Å². The first-order valence-electron chi connectivity index (χ1n) is 15.2. The van der Waals surface area contributed by atoms with Crippen LogP contribution in [0.1, 0.15) is 51.7 Å². The predicted octanol–water partition coefficient (Wildman–Crippen LogP) is 2.33. The molecule has 0 unspecified atom stereocenters. The van der Waals surface area contributed by atoms with Gasteiger partial charge in [-0.2, -0.15) is 0 Å². The van der Waals surface area contributed by atoms with Crippen molar-refractivity contribution >= 4 is 29.1 Å². The number of hydrogen-bond acceptors (Lipinski definition) is 9. The Balaban J connectivity index is 1.26. The van der Waals surface area contributed by atoms with Crippen molar-refractivity contribution in [3.8, 4) is 11.6 Å². The van der Waals surface area contributed by atoms with Gasteiger partial charge in [0.2, 0.25) is 11.7 Å². The molecule has 2 saturated heterocycles. The van der Waals surface area contributed by atoms with Crippen LogP contribution in [0.2, 0.25) is 0 Å². The Bertz CT molecular complexity index is 1530. The van der Waals surface area contributed by atoms with Gasteiger partial charge in [-0.25, -0.2) is 4.98 Å². The van der Waals surface area contributed by atoms with Gasteiger partial charge in [0.05, 0.1) is 40.8 Å². The van der Waals surface area contributed by atoms with Gasteiger partial charge in [0.15, 0.2) is 0 Å². The summed E-state index contributed by atoms with van der Waals surface area (Å²) >= 11 is 0. The van der Waals surface area contributed by atoms with Gasteiger partial charge in [-0.3, -0.25) is 19.3 Å². The minimum absolute atomic E-state index is 0.000515. The molecule has 226 valence electrons. The molecule has 3 atom stereocenters. The number of likely N-dealkylation sites (tertiary alicyclic amines) is 1. The van der Waals surface area contributed by atoms with Crippen LogP contribution in [0.4, 0.5) is 11.4 Å². The Morgan fingerprint density at radius 2 is 2.02 bits per heavy atom. The number of carbonyl (C=O) groups excluding carboxylic acids is 3. The van der Waals surface area contributed by atoms with E-state index in [0.717, 1.165) is 42.0 Å². The molecule has 5 aliphatic rings. The largest absolute Gasteiger partial charge is 0.484 e. The first kappa shape index (κ1) is 27.7. The van der Waals surface area contributed by atoms with Crippen LogP contribution < -0.4 is 19.3 Å². The maximum Gasteiger partial charge on any atom is 0.263 e. The number of piperazine rings is 1. The summed E-state index contributed by atoms with van der Waals surface area (Å²) in [7, 11) is 3.65. The van der Waals surface area contributed by atoms with Crippen LogP contribution in [-0.4, -0.2) is 109 Å². The van der Waals surface area contributed by atoms with E-state index in [1.807, 2.05) is 17.0 Å². The summed E-state index contributed by atoms with van der Waals surface area (Å²) in [6.07, 6.45) is 4.30. The fraction of sp³-hybridized carbons (Fsp3) is 0.500. The maximum atomic E-state index is 13.1. The fourth-order valence-electron chi connectivity index (χ4n) is 7.32. The number of aromatic nitrogens is 1. The van der Waals surface area contributed by atoms with Crippen LogP contribution in [0, 0.1) is 0 Å². The van der Waals surface area contributed by atoms with Crippen LogP contribution in [-0.2, 0) is 17.8 Å². The van der Waals surface area contributed by atoms with Gasteiger partial charge in [-0.05, 0) is 58.0 Å². The molecule has 2 aromatic rings. The topological polar surface area (TPSA) is 98.8 Å². The number of amides is 3. The number of carbonyl (C=O) groups is 3. The van der Waals surface area contributed by atoms with Gasteiger partial charge in [0.1, 0.15) is 13.2 Å². The van der Waals surface area contributed by atoms with Crippen LogP contribution >= 0.6 is 0 Å². The van der Waals surface area contributed by atoms with Gasteiger partial charge >= 0.3 is 0 Å². The number of ether oxygens (including phenoxy) is 2. The van der Waals surface area contributed by atoms with E-state index in [0.29, 0.717) is 74.6 Å². The summed E-state index contributed by atoms with van der Waals surface area (Å²) in [4.78, 5) is 53.3. The van der Waals surface area contributed by atoms with Gasteiger partial charge < -0.3 is 29.1 Å². The van der Waals surface area contributed by atoms with Gasteiger partial charge in [0, 0.05) is 44.3 Å². The fourth-order valence-corrected chi connectivity index (χ4v) is 7.32. The van der Waals surface area contributed by atoms with Crippen molar-refractivity contribution in [1.29, 1.82) is 0 Å². The molecule has 0 radical (unpaired) electrons. The Labute approximate surface area is 251 Å². The molecule has 0 spiro atoms. The quantitative estimate of drug-likeness (QED) is 0.386. The third-order valence-corrected chi connectivity index (χ3v) is 9.78. The van der Waals surface area contributed by atoms with Crippen LogP contribution in [0.15, 0.2) is 30.9 Å². The molecule has 3 amide bonds. The highest BCUT2D eigenvalue weighted by molar-refractivity contribution is 6.23. The minimum Gasteiger partial charge on any atom is -0.484 e. The molecule has 2 fully saturated rings. The SMILES string of the molecule is C=CC(=O)N1C[C@@H]2COc3c(OC[C@@H]4CCCN4C)nc4c(c3N2C[C@H]1C)CCN(c1cccc2c1C(=O)N(C)C2=O)C4. The van der Waals surface area contributed by atoms with Gasteiger partial charge in [0.25, 0.3) is 17.7 Å². The maximum absolute atomic E-state index is 13.1. The Morgan fingerprint density at radius 1 is 1.19 bits per heavy atom. The second kappa shape index (κ2) is 10.6. The van der Waals surface area contributed by atoms with E-state index in [2.05, 4.69) is 35.3 Å². The van der Waals surface area contributed by atoms with Crippen molar-refractivity contribution in [2.75, 3.05) is 63.3 Å². The summed E-state index contributed by atoms with van der Waals surface area (Å²) in [6, 6.07) is 5.79. The lowest BCUT2D eigenvalue weighted by Crippen LogP contribution is -2.62. The van der Waals surface area contributed by atoms with Crippen molar-refractivity contribution in [2.24, 2.45) is 0 Å². The molecule has 0 N–H and O–H groups in total. The molecule has 0 saturated carbocycles. The van der Waals surface area contributed by atoms with Crippen molar-refractivity contribution in [3.63, 3.8) is 0 Å². The van der Waals surface area contributed by atoms with Crippen molar-refractivity contribution < 1.29 is 23.9 Å². The molecule has 11 nitrogen and oxygen atoms in total. The second-order valence-electron chi connectivity index (χ2n) is 12.3. The predicted molar refractivity (Wildman–Crippen MR) is 161 cm³/mol. The summed E-state index contributed by atoms with van der Waals surface area (Å²) < 4.78 is 12.9. The van der Waals surface area contributed by atoms with Gasteiger partial charge in [-0.1, -0.05) is 12.6 Å². The smallest absolute Gasteiger partial charge is 0.263 e. The average Bonchev–Trinajstić information content (AvgIpc) is 3.53. The monoisotopic (exact) mass is 586 g/mol. The lowest BCUT2D eigenvalue weighted by molar-refractivity contribution is -0.129.